The molecule has 0 aliphatic heterocycles. The molecule has 0 aromatic heterocycles. The zero-order valence-corrected chi connectivity index (χ0v) is 8.44. The summed E-state index contributed by atoms with van der Waals surface area (Å²) in [7, 11) is 0. The van der Waals surface area contributed by atoms with Gasteiger partial charge in [0.25, 0.3) is 5.69 Å². The number of terminal acetylenes is 1. The fraction of sp³-hybridized carbons (Fsp3) is 0.100. The molecule has 0 bridgehead atoms. The second-order valence-corrected chi connectivity index (χ2v) is 2.97. The largest absolute Gasteiger partial charge is 0.478 e. The van der Waals surface area contributed by atoms with Gasteiger partial charge >= 0.3 is 5.97 Å². The zero-order valence-electron chi connectivity index (χ0n) is 8.44. The third kappa shape index (κ3) is 2.69. The normalized spacial score (nSPS) is 9.41. The van der Waals surface area contributed by atoms with E-state index >= 15 is 0 Å². The number of nitro benzene ring substituents is 1. The lowest BCUT2D eigenvalue weighted by Crippen LogP contribution is -2.07. The highest BCUT2D eigenvalue weighted by atomic mass is 19.1. The number of benzene rings is 1. The average molecular weight is 238 g/mol. The lowest BCUT2D eigenvalue weighted by molar-refractivity contribution is -0.384. The van der Waals surface area contributed by atoms with Crippen molar-refractivity contribution in [3.05, 3.63) is 33.6 Å². The van der Waals surface area contributed by atoms with Crippen LogP contribution < -0.4 is 5.32 Å². The monoisotopic (exact) mass is 238 g/mol. The Morgan fingerprint density at radius 1 is 1.65 bits per heavy atom. The molecule has 17 heavy (non-hydrogen) atoms. The Labute approximate surface area is 95.2 Å². The molecule has 6 nitrogen and oxygen atoms in total. The average Bonchev–Trinajstić information content (AvgIpc) is 2.25. The molecule has 7 heteroatoms. The van der Waals surface area contributed by atoms with Crippen molar-refractivity contribution in [1.82, 2.24) is 0 Å². The van der Waals surface area contributed by atoms with Crippen LogP contribution in [-0.4, -0.2) is 22.5 Å². The molecule has 0 saturated heterocycles. The molecule has 1 aromatic carbocycles. The highest BCUT2D eigenvalue weighted by Crippen LogP contribution is 2.27. The number of carbonyl (C=O) groups is 1. The fourth-order valence-corrected chi connectivity index (χ4v) is 1.16. The zero-order chi connectivity index (χ0) is 13.0. The van der Waals surface area contributed by atoms with E-state index in [4.69, 9.17) is 11.5 Å². The topological polar surface area (TPSA) is 92.5 Å². The summed E-state index contributed by atoms with van der Waals surface area (Å²) in [4.78, 5) is 20.5. The van der Waals surface area contributed by atoms with Crippen molar-refractivity contribution in [2.24, 2.45) is 0 Å². The Bertz CT molecular complexity index is 522. The second-order valence-electron chi connectivity index (χ2n) is 2.97. The number of nitrogens with zero attached hydrogens (tertiary/aromatic N) is 1. The minimum atomic E-state index is -1.57. The van der Waals surface area contributed by atoms with Gasteiger partial charge in [-0.25, -0.2) is 9.18 Å². The van der Waals surface area contributed by atoms with E-state index in [1.54, 1.807) is 0 Å². The third-order valence-corrected chi connectivity index (χ3v) is 1.89. The van der Waals surface area contributed by atoms with E-state index in [9.17, 15) is 19.3 Å². The Hall–Kier alpha value is -2.62. The van der Waals surface area contributed by atoms with Gasteiger partial charge in [0.05, 0.1) is 11.5 Å². The number of hydrogen-bond acceptors (Lipinski definition) is 4. The van der Waals surface area contributed by atoms with Gasteiger partial charge in [0.2, 0.25) is 0 Å². The summed E-state index contributed by atoms with van der Waals surface area (Å²) in [6, 6.07) is 1.38. The lowest BCUT2D eigenvalue weighted by Gasteiger charge is -2.05. The summed E-state index contributed by atoms with van der Waals surface area (Å²) < 4.78 is 13.3. The van der Waals surface area contributed by atoms with E-state index in [2.05, 4.69) is 11.2 Å². The first-order valence-corrected chi connectivity index (χ1v) is 4.36. The third-order valence-electron chi connectivity index (χ3n) is 1.89. The summed E-state index contributed by atoms with van der Waals surface area (Å²) in [5.41, 5.74) is -1.46. The Morgan fingerprint density at radius 2 is 2.29 bits per heavy atom. The molecule has 0 spiro atoms. The number of anilines is 1. The summed E-state index contributed by atoms with van der Waals surface area (Å²) in [5, 5.41) is 21.7. The minimum absolute atomic E-state index is 0.0350. The molecule has 0 fully saturated rings. The first-order chi connectivity index (χ1) is 7.97. The molecule has 0 aliphatic rings. The van der Waals surface area contributed by atoms with E-state index in [0.717, 1.165) is 6.07 Å². The van der Waals surface area contributed by atoms with Crippen LogP contribution in [0, 0.1) is 28.3 Å². The molecule has 0 unspecified atom stereocenters. The maximum Gasteiger partial charge on any atom is 0.338 e. The van der Waals surface area contributed by atoms with E-state index in [-0.39, 0.29) is 12.2 Å². The molecule has 2 N–H and O–H groups in total. The molecule has 88 valence electrons. The maximum absolute atomic E-state index is 13.3. The van der Waals surface area contributed by atoms with Crippen molar-refractivity contribution >= 4 is 17.3 Å². The standard InChI is InChI=1S/C10H7FN2O4/c1-2-3-12-8-5-7(11)6(10(14)15)4-9(8)13(16)17/h1,4-5,12H,3H2,(H,14,15). The lowest BCUT2D eigenvalue weighted by atomic mass is 10.1. The van der Waals surface area contributed by atoms with Crippen LogP contribution in [0.15, 0.2) is 12.1 Å². The second kappa shape index (κ2) is 4.94. The summed E-state index contributed by atoms with van der Waals surface area (Å²) >= 11 is 0. The molecule has 0 aliphatic carbocycles. The van der Waals surface area contributed by atoms with Gasteiger partial charge < -0.3 is 10.4 Å². The maximum atomic E-state index is 13.3. The van der Waals surface area contributed by atoms with Crippen molar-refractivity contribution < 1.29 is 19.2 Å². The van der Waals surface area contributed by atoms with Gasteiger partial charge in [-0.3, -0.25) is 10.1 Å². The van der Waals surface area contributed by atoms with Crippen LogP contribution in [0.4, 0.5) is 15.8 Å². The summed E-state index contributed by atoms with van der Waals surface area (Å²) in [6.07, 6.45) is 4.95. The Morgan fingerprint density at radius 3 is 2.76 bits per heavy atom. The van der Waals surface area contributed by atoms with Crippen LogP contribution in [0.1, 0.15) is 10.4 Å². The van der Waals surface area contributed by atoms with E-state index < -0.39 is 28.0 Å². The summed E-state index contributed by atoms with van der Waals surface area (Å²) in [5.74, 6) is -0.475. The number of nitro groups is 1. The molecule has 0 saturated carbocycles. The van der Waals surface area contributed by atoms with Crippen molar-refractivity contribution in [2.75, 3.05) is 11.9 Å². The predicted octanol–water partition coefficient (Wildman–Crippen LogP) is 1.48. The van der Waals surface area contributed by atoms with Gasteiger partial charge in [-0.1, -0.05) is 5.92 Å². The van der Waals surface area contributed by atoms with Crippen LogP contribution >= 0.6 is 0 Å². The van der Waals surface area contributed by atoms with Crippen LogP contribution in [-0.2, 0) is 0 Å². The molecule has 0 atom stereocenters. The number of carboxylic acids is 1. The van der Waals surface area contributed by atoms with E-state index in [1.165, 1.54) is 0 Å². The number of halogens is 1. The van der Waals surface area contributed by atoms with Gasteiger partial charge in [-0.05, 0) is 0 Å². The van der Waals surface area contributed by atoms with Gasteiger partial charge in [0.15, 0.2) is 0 Å². The highest BCUT2D eigenvalue weighted by Gasteiger charge is 2.21. The number of hydrogen-bond donors (Lipinski definition) is 2. The first kappa shape index (κ1) is 12.4. The molecule has 1 aromatic rings. The van der Waals surface area contributed by atoms with E-state index in [1.807, 2.05) is 0 Å². The van der Waals surface area contributed by atoms with Crippen LogP contribution in [0.2, 0.25) is 0 Å². The van der Waals surface area contributed by atoms with Crippen LogP contribution in [0.5, 0.6) is 0 Å². The number of aromatic carboxylic acids is 1. The molecular weight excluding hydrogens is 231 g/mol. The quantitative estimate of drug-likeness (QED) is 0.470. The molecule has 0 amide bonds. The highest BCUT2D eigenvalue weighted by molar-refractivity contribution is 5.90. The number of nitrogens with one attached hydrogen (secondary N) is 1. The number of carboxylic acid groups (broad SMARTS) is 1. The fourth-order valence-electron chi connectivity index (χ4n) is 1.16. The molecule has 1 rings (SSSR count). The molecule has 0 heterocycles. The van der Waals surface area contributed by atoms with Gasteiger partial charge in [-0.15, -0.1) is 6.42 Å². The number of rotatable bonds is 4. The molecule has 0 radical (unpaired) electrons. The SMILES string of the molecule is C#CCNc1cc(F)c(C(=O)O)cc1[N+](=O)[O-]. The van der Waals surface area contributed by atoms with Crippen molar-refractivity contribution in [2.45, 2.75) is 0 Å². The van der Waals surface area contributed by atoms with E-state index in [0.29, 0.717) is 6.07 Å². The van der Waals surface area contributed by atoms with Crippen molar-refractivity contribution in [3.8, 4) is 12.3 Å². The van der Waals surface area contributed by atoms with Crippen molar-refractivity contribution in [1.29, 1.82) is 0 Å². The Balaban J connectivity index is 3.31. The molecular formula is C10H7FN2O4. The smallest absolute Gasteiger partial charge is 0.338 e. The first-order valence-electron chi connectivity index (χ1n) is 4.36. The van der Waals surface area contributed by atoms with Crippen molar-refractivity contribution in [3.63, 3.8) is 0 Å². The Kier molecular flexibility index (Phi) is 3.62. The van der Waals surface area contributed by atoms with Gasteiger partial charge in [0.1, 0.15) is 17.1 Å². The predicted molar refractivity (Wildman–Crippen MR) is 57.3 cm³/mol. The van der Waals surface area contributed by atoms with Crippen LogP contribution in [0.3, 0.4) is 0 Å². The van der Waals surface area contributed by atoms with Gasteiger partial charge in [0, 0.05) is 12.1 Å². The summed E-state index contributed by atoms with van der Waals surface area (Å²) in [6.45, 7) is -0.0350. The minimum Gasteiger partial charge on any atom is -0.478 e. The van der Waals surface area contributed by atoms with Gasteiger partial charge in [-0.2, -0.15) is 0 Å². The van der Waals surface area contributed by atoms with Crippen LogP contribution in [0.25, 0.3) is 0 Å².